The van der Waals surface area contributed by atoms with Crippen molar-refractivity contribution in [3.63, 3.8) is 0 Å². The van der Waals surface area contributed by atoms with E-state index >= 15 is 0 Å². The van der Waals surface area contributed by atoms with Gasteiger partial charge in [0.2, 0.25) is 11.8 Å². The number of aromatic nitrogens is 2. The van der Waals surface area contributed by atoms with Crippen LogP contribution in [0.25, 0.3) is 0 Å². The Bertz CT molecular complexity index is 971. The van der Waals surface area contributed by atoms with Gasteiger partial charge in [0.1, 0.15) is 5.82 Å². The molecule has 1 unspecified atom stereocenters. The number of imide groups is 1. The van der Waals surface area contributed by atoms with Crippen molar-refractivity contribution in [2.24, 2.45) is 0 Å². The Morgan fingerprint density at radius 1 is 1.29 bits per heavy atom. The smallest absolute Gasteiger partial charge is 0.324 e. The van der Waals surface area contributed by atoms with E-state index in [1.807, 2.05) is 36.9 Å². The van der Waals surface area contributed by atoms with Crippen molar-refractivity contribution in [3.05, 3.63) is 34.5 Å². The van der Waals surface area contributed by atoms with Crippen LogP contribution in [0.2, 0.25) is 0 Å². The summed E-state index contributed by atoms with van der Waals surface area (Å²) in [4.78, 5) is 49.6. The van der Waals surface area contributed by atoms with E-state index in [2.05, 4.69) is 15.6 Å². The fourth-order valence-corrected chi connectivity index (χ4v) is 4.75. The number of nitrogens with zero attached hydrogens (tertiary/aromatic N) is 4. The maximum absolute atomic E-state index is 12.9. The first-order chi connectivity index (χ1) is 14.9. The van der Waals surface area contributed by atoms with Crippen LogP contribution < -0.4 is 10.6 Å². The number of aryl methyl sites for hydroxylation is 2. The first-order valence-electron chi connectivity index (χ1n) is 10.5. The normalized spacial score (nSPS) is 18.6. The largest absolute Gasteiger partial charge is 0.334 e. The average molecular weight is 443 g/mol. The fraction of sp³-hybridized carbons (Fsp3) is 0.476. The van der Waals surface area contributed by atoms with Gasteiger partial charge >= 0.3 is 6.03 Å². The topological polar surface area (TPSA) is 108 Å². The molecule has 2 saturated heterocycles. The molecule has 4 heterocycles. The van der Waals surface area contributed by atoms with E-state index in [1.54, 1.807) is 11.3 Å². The van der Waals surface area contributed by atoms with Gasteiger partial charge in [0, 0.05) is 24.4 Å². The van der Waals surface area contributed by atoms with Crippen LogP contribution in [0.15, 0.2) is 18.2 Å². The molecule has 2 aliphatic rings. The molecule has 1 atom stereocenters. The van der Waals surface area contributed by atoms with Gasteiger partial charge in [-0.1, -0.05) is 6.07 Å². The SMILES string of the molecule is Cc1nc(Nc2cccc(C3CCCN3C(=O)CCCN3C(=O)CNC3=O)n2)sc1C. The van der Waals surface area contributed by atoms with Crippen LogP contribution in [0.1, 0.15) is 48.0 Å². The lowest BCUT2D eigenvalue weighted by Gasteiger charge is -2.25. The van der Waals surface area contributed by atoms with E-state index in [-0.39, 0.29) is 37.0 Å². The van der Waals surface area contributed by atoms with Gasteiger partial charge < -0.3 is 15.5 Å². The van der Waals surface area contributed by atoms with Crippen LogP contribution in [-0.4, -0.2) is 57.2 Å². The van der Waals surface area contributed by atoms with Gasteiger partial charge in [-0.05, 0) is 45.2 Å². The van der Waals surface area contributed by atoms with Crippen molar-refractivity contribution in [2.45, 2.75) is 45.6 Å². The zero-order valence-corrected chi connectivity index (χ0v) is 18.5. The molecule has 0 saturated carbocycles. The van der Waals surface area contributed by atoms with Gasteiger partial charge in [0.05, 0.1) is 24.0 Å². The molecule has 0 aromatic carbocycles. The first-order valence-corrected chi connectivity index (χ1v) is 11.3. The Kier molecular flexibility index (Phi) is 6.17. The van der Waals surface area contributed by atoms with Crippen LogP contribution in [0.3, 0.4) is 0 Å². The summed E-state index contributed by atoms with van der Waals surface area (Å²) in [5.74, 6) is 0.501. The molecule has 31 heavy (non-hydrogen) atoms. The van der Waals surface area contributed by atoms with Crippen LogP contribution in [0.5, 0.6) is 0 Å². The molecule has 0 radical (unpaired) electrons. The number of carbonyl (C=O) groups excluding carboxylic acids is 3. The first kappa shape index (κ1) is 21.2. The Balaban J connectivity index is 1.38. The van der Waals surface area contributed by atoms with E-state index < -0.39 is 0 Å². The molecular formula is C21H26N6O3S. The highest BCUT2D eigenvalue weighted by atomic mass is 32.1. The third-order valence-corrected chi connectivity index (χ3v) is 6.65. The predicted octanol–water partition coefficient (Wildman–Crippen LogP) is 2.89. The highest BCUT2D eigenvalue weighted by Crippen LogP contribution is 2.33. The Hall–Kier alpha value is -3.01. The molecule has 0 bridgehead atoms. The third kappa shape index (κ3) is 4.68. The van der Waals surface area contributed by atoms with E-state index in [1.165, 1.54) is 9.78 Å². The molecule has 0 spiro atoms. The van der Waals surface area contributed by atoms with Gasteiger partial charge in [0.25, 0.3) is 0 Å². The van der Waals surface area contributed by atoms with Gasteiger partial charge in [-0.25, -0.2) is 14.8 Å². The molecule has 9 nitrogen and oxygen atoms in total. The molecular weight excluding hydrogens is 416 g/mol. The quantitative estimate of drug-likeness (QED) is 0.639. The number of nitrogens with one attached hydrogen (secondary N) is 2. The zero-order chi connectivity index (χ0) is 22.0. The van der Waals surface area contributed by atoms with Crippen molar-refractivity contribution < 1.29 is 14.4 Å². The molecule has 2 aliphatic heterocycles. The minimum atomic E-state index is -0.379. The number of carbonyl (C=O) groups is 3. The van der Waals surface area contributed by atoms with E-state index in [0.29, 0.717) is 25.2 Å². The van der Waals surface area contributed by atoms with E-state index in [4.69, 9.17) is 4.98 Å². The predicted molar refractivity (Wildman–Crippen MR) is 117 cm³/mol. The Labute approximate surface area is 184 Å². The fourth-order valence-electron chi connectivity index (χ4n) is 3.93. The molecule has 2 fully saturated rings. The summed E-state index contributed by atoms with van der Waals surface area (Å²) in [5, 5.41) is 6.56. The number of rotatable bonds is 7. The van der Waals surface area contributed by atoms with Crippen molar-refractivity contribution in [2.75, 3.05) is 25.0 Å². The van der Waals surface area contributed by atoms with Crippen LogP contribution in [0.4, 0.5) is 15.7 Å². The highest BCUT2D eigenvalue weighted by molar-refractivity contribution is 7.15. The van der Waals surface area contributed by atoms with Crippen LogP contribution in [0, 0.1) is 13.8 Å². The van der Waals surface area contributed by atoms with Crippen molar-refractivity contribution in [1.82, 2.24) is 25.1 Å². The number of hydrogen-bond donors (Lipinski definition) is 2. The van der Waals surface area contributed by atoms with Gasteiger partial charge in [0.15, 0.2) is 5.13 Å². The van der Waals surface area contributed by atoms with Crippen LogP contribution in [-0.2, 0) is 9.59 Å². The Morgan fingerprint density at radius 3 is 2.84 bits per heavy atom. The Morgan fingerprint density at radius 2 is 2.13 bits per heavy atom. The lowest BCUT2D eigenvalue weighted by molar-refractivity contribution is -0.133. The van der Waals surface area contributed by atoms with E-state index in [9.17, 15) is 14.4 Å². The molecule has 4 amide bonds. The lowest BCUT2D eigenvalue weighted by Crippen LogP contribution is -2.34. The minimum Gasteiger partial charge on any atom is -0.334 e. The van der Waals surface area contributed by atoms with Crippen molar-refractivity contribution in [3.8, 4) is 0 Å². The summed E-state index contributed by atoms with van der Waals surface area (Å²) < 4.78 is 0. The van der Waals surface area contributed by atoms with Gasteiger partial charge in [-0.2, -0.15) is 0 Å². The zero-order valence-electron chi connectivity index (χ0n) is 17.7. The summed E-state index contributed by atoms with van der Waals surface area (Å²) >= 11 is 1.59. The van der Waals surface area contributed by atoms with Gasteiger partial charge in [-0.3, -0.25) is 14.5 Å². The number of anilines is 2. The summed E-state index contributed by atoms with van der Waals surface area (Å²) in [7, 11) is 0. The highest BCUT2D eigenvalue weighted by Gasteiger charge is 2.32. The van der Waals surface area contributed by atoms with Gasteiger partial charge in [-0.15, -0.1) is 11.3 Å². The molecule has 0 aliphatic carbocycles. The summed E-state index contributed by atoms with van der Waals surface area (Å²) in [6.07, 6.45) is 2.54. The monoisotopic (exact) mass is 442 g/mol. The maximum atomic E-state index is 12.9. The standard InChI is InChI=1S/C21H26N6O3S/c1-13-14(2)31-20(23-13)25-17-8-3-6-15(24-17)16-7-4-10-26(16)18(28)9-5-11-27-19(29)12-22-21(27)30/h3,6,8,16H,4-5,7,9-12H2,1-2H3,(H,22,30)(H,23,24,25). The number of thiazole rings is 1. The minimum absolute atomic E-state index is 0.0286. The number of urea groups is 1. The molecule has 2 N–H and O–H groups in total. The summed E-state index contributed by atoms with van der Waals surface area (Å²) in [6.45, 7) is 5.01. The maximum Gasteiger partial charge on any atom is 0.324 e. The van der Waals surface area contributed by atoms with Crippen molar-refractivity contribution in [1.29, 1.82) is 0 Å². The molecule has 10 heteroatoms. The van der Waals surface area contributed by atoms with Crippen LogP contribution >= 0.6 is 11.3 Å². The molecule has 2 aromatic rings. The summed E-state index contributed by atoms with van der Waals surface area (Å²) in [6, 6.07) is 5.35. The molecule has 164 valence electrons. The third-order valence-electron chi connectivity index (χ3n) is 5.66. The number of pyridine rings is 1. The summed E-state index contributed by atoms with van der Waals surface area (Å²) in [5.41, 5.74) is 1.86. The number of hydrogen-bond acceptors (Lipinski definition) is 7. The average Bonchev–Trinajstić information content (AvgIpc) is 3.43. The second-order valence-electron chi connectivity index (χ2n) is 7.79. The number of amides is 4. The molecule has 2 aromatic heterocycles. The number of likely N-dealkylation sites (tertiary alicyclic amines) is 1. The second-order valence-corrected chi connectivity index (χ2v) is 8.99. The van der Waals surface area contributed by atoms with E-state index in [0.717, 1.165) is 29.4 Å². The lowest BCUT2D eigenvalue weighted by atomic mass is 10.1. The second kappa shape index (κ2) is 9.01. The van der Waals surface area contributed by atoms with Crippen molar-refractivity contribution >= 4 is 40.1 Å². The molecule has 4 rings (SSSR count).